The Bertz CT molecular complexity index is 1580. The zero-order valence-electron chi connectivity index (χ0n) is 24.8. The van der Waals surface area contributed by atoms with Gasteiger partial charge in [0.1, 0.15) is 11.4 Å². The largest absolute Gasteiger partial charge is 0.493 e. The molecule has 0 bridgehead atoms. The van der Waals surface area contributed by atoms with Crippen LogP contribution in [0.25, 0.3) is 22.5 Å². The molecule has 1 aromatic heterocycles. The Morgan fingerprint density at radius 2 is 1.14 bits per heavy atom. The Morgan fingerprint density at radius 1 is 0.628 bits per heavy atom. The molecule has 4 rings (SSSR count). The molecule has 0 radical (unpaired) electrons. The summed E-state index contributed by atoms with van der Waals surface area (Å²) >= 11 is 1.13. The van der Waals surface area contributed by atoms with E-state index in [9.17, 15) is 4.79 Å². The van der Waals surface area contributed by atoms with Gasteiger partial charge in [-0.3, -0.25) is 4.79 Å². The van der Waals surface area contributed by atoms with Gasteiger partial charge in [0.2, 0.25) is 16.8 Å². The second-order valence-electron chi connectivity index (χ2n) is 8.68. The Labute approximate surface area is 253 Å². The quantitative estimate of drug-likeness (QED) is 0.205. The van der Waals surface area contributed by atoms with E-state index in [1.807, 2.05) is 12.1 Å². The average Bonchev–Trinajstić information content (AvgIpc) is 3.05. The van der Waals surface area contributed by atoms with Gasteiger partial charge in [-0.05, 0) is 36.4 Å². The summed E-state index contributed by atoms with van der Waals surface area (Å²) < 4.78 is 37.9. The van der Waals surface area contributed by atoms with Gasteiger partial charge >= 0.3 is 0 Å². The Morgan fingerprint density at radius 3 is 1.63 bits per heavy atom. The highest BCUT2D eigenvalue weighted by molar-refractivity contribution is 7.99. The van der Waals surface area contributed by atoms with Crippen molar-refractivity contribution in [2.45, 2.75) is 5.16 Å². The van der Waals surface area contributed by atoms with Crippen molar-refractivity contribution in [3.05, 3.63) is 48.5 Å². The lowest BCUT2D eigenvalue weighted by atomic mass is 10.0. The topological polar surface area (TPSA) is 132 Å². The number of hydrogen-bond donors (Lipinski definition) is 1. The molecule has 0 saturated carbocycles. The fourth-order valence-electron chi connectivity index (χ4n) is 4.22. The molecule has 0 aliphatic carbocycles. The number of aromatic nitrogens is 3. The molecular weight excluding hydrogens is 576 g/mol. The average molecular weight is 609 g/mol. The number of rotatable bonds is 13. The Balaban J connectivity index is 1.65. The van der Waals surface area contributed by atoms with E-state index < -0.39 is 0 Å². The zero-order chi connectivity index (χ0) is 30.9. The van der Waals surface area contributed by atoms with E-state index in [-0.39, 0.29) is 11.7 Å². The minimum atomic E-state index is -0.292. The number of anilines is 1. The van der Waals surface area contributed by atoms with Gasteiger partial charge in [0.05, 0.1) is 55.5 Å². The van der Waals surface area contributed by atoms with Crippen LogP contribution in [0.5, 0.6) is 40.2 Å². The van der Waals surface area contributed by atoms with E-state index in [1.165, 1.54) is 21.3 Å². The van der Waals surface area contributed by atoms with E-state index in [0.717, 1.165) is 11.8 Å². The van der Waals surface area contributed by atoms with Crippen LogP contribution in [0.2, 0.25) is 0 Å². The van der Waals surface area contributed by atoms with Gasteiger partial charge in [-0.25, -0.2) is 4.98 Å². The van der Waals surface area contributed by atoms with Crippen LogP contribution >= 0.6 is 11.8 Å². The van der Waals surface area contributed by atoms with Crippen molar-refractivity contribution in [2.24, 2.45) is 0 Å². The van der Waals surface area contributed by atoms with Crippen molar-refractivity contribution in [3.63, 3.8) is 0 Å². The summed E-state index contributed by atoms with van der Waals surface area (Å²) in [6.45, 7) is 0. The van der Waals surface area contributed by atoms with Crippen LogP contribution in [0.3, 0.4) is 0 Å². The fraction of sp³-hybridized carbons (Fsp3) is 0.267. The van der Waals surface area contributed by atoms with Crippen LogP contribution < -0.4 is 38.5 Å². The van der Waals surface area contributed by atoms with Crippen molar-refractivity contribution in [1.29, 1.82) is 0 Å². The SMILES string of the molecule is COc1ccc(-c2nnc(SCC(=O)Nc3cc(OC)c(OC)c(OC)c3)nc2-c2ccc(OC)c(OC)c2)cc1OC. The summed E-state index contributed by atoms with van der Waals surface area (Å²) in [5, 5.41) is 11.9. The number of carbonyl (C=O) groups is 1. The second-order valence-corrected chi connectivity index (χ2v) is 9.62. The molecule has 13 heteroatoms. The van der Waals surface area contributed by atoms with E-state index in [4.69, 9.17) is 38.1 Å². The van der Waals surface area contributed by atoms with E-state index >= 15 is 0 Å². The first kappa shape index (κ1) is 31.0. The van der Waals surface area contributed by atoms with Gasteiger partial charge in [-0.15, -0.1) is 10.2 Å². The second kappa shape index (κ2) is 14.3. The lowest BCUT2D eigenvalue weighted by Crippen LogP contribution is -2.15. The van der Waals surface area contributed by atoms with E-state index in [2.05, 4.69) is 15.5 Å². The number of nitrogens with one attached hydrogen (secondary N) is 1. The maximum Gasteiger partial charge on any atom is 0.234 e. The molecule has 1 amide bonds. The molecule has 0 saturated heterocycles. The summed E-state index contributed by atoms with van der Waals surface area (Å²) in [6.07, 6.45) is 0. The Hall–Kier alpha value is -4.91. The smallest absolute Gasteiger partial charge is 0.234 e. The number of benzene rings is 3. The standard InChI is InChI=1S/C30H32N4O8S/c1-36-20-10-8-17(12-22(20)38-3)27-28(18-9-11-21(37-2)23(13-18)39-4)33-34-30(32-27)43-16-26(35)31-19-14-24(40-5)29(42-7)25(15-19)41-6/h8-15H,16H2,1-7H3,(H,31,35). The fourth-order valence-corrected chi connectivity index (χ4v) is 4.80. The molecule has 12 nitrogen and oxygen atoms in total. The highest BCUT2D eigenvalue weighted by Crippen LogP contribution is 2.41. The molecule has 0 spiro atoms. The van der Waals surface area contributed by atoms with Crippen LogP contribution in [-0.4, -0.2) is 76.6 Å². The maximum absolute atomic E-state index is 12.9. The van der Waals surface area contributed by atoms with Gasteiger partial charge in [0.25, 0.3) is 0 Å². The number of nitrogens with zero attached hydrogens (tertiary/aromatic N) is 3. The summed E-state index contributed by atoms with van der Waals surface area (Å²) in [5.74, 6) is 3.18. The summed E-state index contributed by atoms with van der Waals surface area (Å²) in [7, 11) is 10.8. The van der Waals surface area contributed by atoms with Gasteiger partial charge in [-0.1, -0.05) is 11.8 Å². The summed E-state index contributed by atoms with van der Waals surface area (Å²) in [5.41, 5.74) is 2.92. The predicted octanol–water partition coefficient (Wildman–Crippen LogP) is 5.00. The van der Waals surface area contributed by atoms with Crippen LogP contribution in [0.4, 0.5) is 5.69 Å². The molecule has 226 valence electrons. The monoisotopic (exact) mass is 608 g/mol. The molecule has 0 atom stereocenters. The number of ether oxygens (including phenoxy) is 7. The number of amides is 1. The van der Waals surface area contributed by atoms with Crippen LogP contribution in [0, 0.1) is 0 Å². The van der Waals surface area contributed by atoms with Crippen molar-refractivity contribution in [3.8, 4) is 62.8 Å². The van der Waals surface area contributed by atoms with Gasteiger partial charge in [0.15, 0.2) is 34.5 Å². The highest BCUT2D eigenvalue weighted by atomic mass is 32.2. The maximum atomic E-state index is 12.9. The van der Waals surface area contributed by atoms with E-state index in [0.29, 0.717) is 73.6 Å². The first-order valence-electron chi connectivity index (χ1n) is 12.8. The number of carbonyl (C=O) groups excluding carboxylic acids is 1. The number of methoxy groups -OCH3 is 7. The molecule has 0 fully saturated rings. The molecule has 4 aromatic rings. The summed E-state index contributed by atoms with van der Waals surface area (Å²) in [4.78, 5) is 17.7. The van der Waals surface area contributed by atoms with Crippen molar-refractivity contribution in [1.82, 2.24) is 15.2 Å². The third kappa shape index (κ3) is 6.95. The normalized spacial score (nSPS) is 10.5. The number of hydrogen-bond acceptors (Lipinski definition) is 12. The minimum Gasteiger partial charge on any atom is -0.493 e. The molecule has 1 N–H and O–H groups in total. The predicted molar refractivity (Wildman–Crippen MR) is 162 cm³/mol. The van der Waals surface area contributed by atoms with Crippen LogP contribution in [-0.2, 0) is 4.79 Å². The van der Waals surface area contributed by atoms with Gasteiger partial charge < -0.3 is 38.5 Å². The minimum absolute atomic E-state index is 0.0133. The van der Waals surface area contributed by atoms with E-state index in [1.54, 1.807) is 64.8 Å². The lowest BCUT2D eigenvalue weighted by Gasteiger charge is -2.15. The molecule has 3 aromatic carbocycles. The van der Waals surface area contributed by atoms with Gasteiger partial charge in [-0.2, -0.15) is 0 Å². The van der Waals surface area contributed by atoms with Crippen LogP contribution in [0.1, 0.15) is 0 Å². The summed E-state index contributed by atoms with van der Waals surface area (Å²) in [6, 6.07) is 14.2. The van der Waals surface area contributed by atoms with Crippen molar-refractivity contribution >= 4 is 23.4 Å². The first-order chi connectivity index (χ1) is 20.9. The molecule has 0 aliphatic rings. The Kier molecular flexibility index (Phi) is 10.3. The highest BCUT2D eigenvalue weighted by Gasteiger charge is 2.19. The third-order valence-corrected chi connectivity index (χ3v) is 7.10. The molecule has 0 unspecified atom stereocenters. The number of thioether (sulfide) groups is 1. The molecule has 43 heavy (non-hydrogen) atoms. The lowest BCUT2D eigenvalue weighted by molar-refractivity contribution is -0.113. The molecule has 1 heterocycles. The van der Waals surface area contributed by atoms with Gasteiger partial charge in [0, 0.05) is 28.9 Å². The van der Waals surface area contributed by atoms with Crippen molar-refractivity contribution < 1.29 is 38.0 Å². The van der Waals surface area contributed by atoms with Crippen LogP contribution in [0.15, 0.2) is 53.7 Å². The first-order valence-corrected chi connectivity index (χ1v) is 13.8. The molecule has 0 aliphatic heterocycles. The third-order valence-electron chi connectivity index (χ3n) is 6.26. The van der Waals surface area contributed by atoms with Crippen molar-refractivity contribution in [2.75, 3.05) is 60.8 Å². The zero-order valence-corrected chi connectivity index (χ0v) is 25.7. The molecular formula is C30H32N4O8S.